The van der Waals surface area contributed by atoms with E-state index in [2.05, 4.69) is 0 Å². The van der Waals surface area contributed by atoms with Gasteiger partial charge < -0.3 is 9.47 Å². The van der Waals surface area contributed by atoms with Crippen LogP contribution in [0.5, 0.6) is 11.5 Å². The monoisotopic (exact) mass is 350 g/mol. The number of carbonyl (C=O) groups is 2. The van der Waals surface area contributed by atoms with Crippen molar-refractivity contribution >= 4 is 23.1 Å². The van der Waals surface area contributed by atoms with E-state index in [1.165, 1.54) is 13.8 Å². The molecule has 0 amide bonds. The highest BCUT2D eigenvalue weighted by Gasteiger charge is 2.10. The summed E-state index contributed by atoms with van der Waals surface area (Å²) in [7, 11) is 0. The Morgan fingerprint density at radius 2 is 0.962 bits per heavy atom. The van der Waals surface area contributed by atoms with Crippen LogP contribution in [0.25, 0.3) is 11.1 Å². The lowest BCUT2D eigenvalue weighted by atomic mass is 9.92. The van der Waals surface area contributed by atoms with Crippen molar-refractivity contribution in [1.29, 1.82) is 0 Å². The maximum Gasteiger partial charge on any atom is 0.308 e. The predicted octanol–water partition coefficient (Wildman–Crippen LogP) is 5.04. The van der Waals surface area contributed by atoms with E-state index in [9.17, 15) is 9.59 Å². The first kappa shape index (κ1) is 19.2. The summed E-state index contributed by atoms with van der Waals surface area (Å²) >= 11 is 0. The van der Waals surface area contributed by atoms with Gasteiger partial charge in [-0.3, -0.25) is 9.59 Å². The van der Waals surface area contributed by atoms with E-state index in [0.29, 0.717) is 11.5 Å². The Labute approximate surface area is 153 Å². The summed E-state index contributed by atoms with van der Waals surface area (Å²) in [6.45, 7) is 6.71. The number of allylic oxidation sites excluding steroid dienone is 4. The van der Waals surface area contributed by atoms with Crippen LogP contribution >= 0.6 is 0 Å². The van der Waals surface area contributed by atoms with Crippen LogP contribution < -0.4 is 9.47 Å². The molecule has 0 atom stereocenters. The number of carbonyl (C=O) groups excluding carboxylic acids is 2. The summed E-state index contributed by atoms with van der Waals surface area (Å²) in [6, 6.07) is 14.8. The van der Waals surface area contributed by atoms with Gasteiger partial charge in [0.1, 0.15) is 11.5 Å². The van der Waals surface area contributed by atoms with Crippen molar-refractivity contribution in [3.8, 4) is 11.5 Å². The van der Waals surface area contributed by atoms with Crippen LogP contribution in [0.4, 0.5) is 0 Å². The van der Waals surface area contributed by atoms with Crippen molar-refractivity contribution in [2.24, 2.45) is 0 Å². The maximum absolute atomic E-state index is 11.0. The Morgan fingerprint density at radius 1 is 0.654 bits per heavy atom. The third-order valence-corrected chi connectivity index (χ3v) is 3.72. The van der Waals surface area contributed by atoms with Crippen molar-refractivity contribution in [2.45, 2.75) is 27.7 Å². The highest BCUT2D eigenvalue weighted by molar-refractivity contribution is 6.04. The second-order valence-corrected chi connectivity index (χ2v) is 5.64. The zero-order valence-electron chi connectivity index (χ0n) is 15.4. The molecule has 0 bridgehead atoms. The first-order valence-corrected chi connectivity index (χ1v) is 8.35. The Balaban J connectivity index is 2.29. The molecule has 2 rings (SSSR count). The average Bonchev–Trinajstić information content (AvgIpc) is 2.60. The van der Waals surface area contributed by atoms with Crippen LogP contribution in [-0.2, 0) is 9.59 Å². The molecule has 134 valence electrons. The SMILES string of the molecule is C/C=C(\C(=C/C)c1ccc(OC(C)=O)cc1)c1ccc(OC(C)=O)cc1. The van der Waals surface area contributed by atoms with Gasteiger partial charge in [-0.1, -0.05) is 36.4 Å². The van der Waals surface area contributed by atoms with Crippen LogP contribution in [0.2, 0.25) is 0 Å². The maximum atomic E-state index is 11.0. The summed E-state index contributed by atoms with van der Waals surface area (Å²) < 4.78 is 10.2. The fraction of sp³-hybridized carbons (Fsp3) is 0.182. The Kier molecular flexibility index (Phi) is 6.50. The van der Waals surface area contributed by atoms with Crippen molar-refractivity contribution in [3.63, 3.8) is 0 Å². The molecule has 0 aromatic heterocycles. The van der Waals surface area contributed by atoms with Crippen molar-refractivity contribution in [1.82, 2.24) is 0 Å². The molecule has 0 aliphatic rings. The third-order valence-electron chi connectivity index (χ3n) is 3.72. The molecule has 0 radical (unpaired) electrons. The number of esters is 2. The average molecular weight is 350 g/mol. The van der Waals surface area contributed by atoms with Gasteiger partial charge in [0.25, 0.3) is 0 Å². The van der Waals surface area contributed by atoms with Crippen LogP contribution in [-0.4, -0.2) is 11.9 Å². The fourth-order valence-electron chi connectivity index (χ4n) is 2.69. The van der Waals surface area contributed by atoms with Crippen LogP contribution in [0, 0.1) is 0 Å². The highest BCUT2D eigenvalue weighted by atomic mass is 16.5. The van der Waals surface area contributed by atoms with Gasteiger partial charge >= 0.3 is 11.9 Å². The Bertz CT molecular complexity index is 767. The molecule has 0 heterocycles. The smallest absolute Gasteiger partial charge is 0.308 e. The number of rotatable bonds is 5. The molecule has 0 aliphatic heterocycles. The van der Waals surface area contributed by atoms with Crippen molar-refractivity contribution < 1.29 is 19.1 Å². The topological polar surface area (TPSA) is 52.6 Å². The molecule has 2 aromatic carbocycles. The van der Waals surface area contributed by atoms with E-state index in [0.717, 1.165) is 22.3 Å². The van der Waals surface area contributed by atoms with Gasteiger partial charge in [-0.15, -0.1) is 0 Å². The van der Waals surface area contributed by atoms with Crippen LogP contribution in [0.1, 0.15) is 38.8 Å². The van der Waals surface area contributed by atoms with Gasteiger partial charge in [0.2, 0.25) is 0 Å². The minimum absolute atomic E-state index is 0.342. The lowest BCUT2D eigenvalue weighted by molar-refractivity contribution is -0.132. The van der Waals surface area contributed by atoms with E-state index < -0.39 is 0 Å². The largest absolute Gasteiger partial charge is 0.427 e. The molecular formula is C22H22O4. The normalized spacial score (nSPS) is 11.8. The second-order valence-electron chi connectivity index (χ2n) is 5.64. The molecule has 26 heavy (non-hydrogen) atoms. The van der Waals surface area contributed by atoms with E-state index in [1.54, 1.807) is 24.3 Å². The number of ether oxygens (including phenoxy) is 2. The van der Waals surface area contributed by atoms with E-state index in [4.69, 9.17) is 9.47 Å². The summed E-state index contributed by atoms with van der Waals surface area (Å²) in [5.74, 6) is 0.353. The first-order valence-electron chi connectivity index (χ1n) is 8.35. The number of benzene rings is 2. The summed E-state index contributed by atoms with van der Waals surface area (Å²) in [5.41, 5.74) is 4.14. The van der Waals surface area contributed by atoms with Gasteiger partial charge in [0.05, 0.1) is 0 Å². The number of hydrogen-bond acceptors (Lipinski definition) is 4. The molecular weight excluding hydrogens is 328 g/mol. The standard InChI is InChI=1S/C22H22O4/c1-5-21(17-7-11-19(12-8-17)25-15(3)23)22(6-2)18-9-13-20(14-10-18)26-16(4)24/h5-14H,1-4H3/b21-5-,22-6-. The predicted molar refractivity (Wildman–Crippen MR) is 103 cm³/mol. The molecule has 0 N–H and O–H groups in total. The van der Waals surface area contributed by atoms with Gasteiger partial charge in [-0.25, -0.2) is 0 Å². The van der Waals surface area contributed by atoms with Crippen molar-refractivity contribution in [2.75, 3.05) is 0 Å². The summed E-state index contributed by atoms with van der Waals surface area (Å²) in [4.78, 5) is 22.1. The highest BCUT2D eigenvalue weighted by Crippen LogP contribution is 2.33. The molecule has 0 saturated carbocycles. The summed E-state index contributed by atoms with van der Waals surface area (Å²) in [5, 5.41) is 0. The second kappa shape index (κ2) is 8.81. The fourth-order valence-corrected chi connectivity index (χ4v) is 2.69. The van der Waals surface area contributed by atoms with Gasteiger partial charge in [0, 0.05) is 13.8 Å². The number of hydrogen-bond donors (Lipinski definition) is 0. The Hall–Kier alpha value is -3.14. The minimum atomic E-state index is -0.342. The molecule has 2 aromatic rings. The quantitative estimate of drug-likeness (QED) is 0.430. The van der Waals surface area contributed by atoms with Crippen LogP contribution in [0.15, 0.2) is 60.7 Å². The molecule has 0 spiro atoms. The van der Waals surface area contributed by atoms with E-state index in [1.807, 2.05) is 50.3 Å². The van der Waals surface area contributed by atoms with Gasteiger partial charge in [0.15, 0.2) is 0 Å². The zero-order chi connectivity index (χ0) is 19.1. The molecule has 0 unspecified atom stereocenters. The molecule has 4 heteroatoms. The molecule has 0 aliphatic carbocycles. The van der Waals surface area contributed by atoms with Gasteiger partial charge in [-0.2, -0.15) is 0 Å². The minimum Gasteiger partial charge on any atom is -0.427 e. The lowest BCUT2D eigenvalue weighted by Gasteiger charge is -2.14. The van der Waals surface area contributed by atoms with Gasteiger partial charge in [-0.05, 0) is 60.4 Å². The third kappa shape index (κ3) is 4.93. The lowest BCUT2D eigenvalue weighted by Crippen LogP contribution is -2.01. The molecule has 0 saturated heterocycles. The van der Waals surface area contributed by atoms with E-state index >= 15 is 0 Å². The van der Waals surface area contributed by atoms with E-state index in [-0.39, 0.29) is 11.9 Å². The summed E-state index contributed by atoms with van der Waals surface area (Å²) in [6.07, 6.45) is 4.08. The van der Waals surface area contributed by atoms with Crippen molar-refractivity contribution in [3.05, 3.63) is 71.8 Å². The van der Waals surface area contributed by atoms with Crippen LogP contribution in [0.3, 0.4) is 0 Å². The molecule has 0 fully saturated rings. The Morgan fingerprint density at radius 3 is 1.19 bits per heavy atom. The zero-order valence-corrected chi connectivity index (χ0v) is 15.4. The molecule has 4 nitrogen and oxygen atoms in total. The first-order chi connectivity index (χ1) is 12.4.